The summed E-state index contributed by atoms with van der Waals surface area (Å²) in [6, 6.07) is 11.5. The maximum Gasteiger partial charge on any atom is 0.573 e. The first-order valence-corrected chi connectivity index (χ1v) is 13.4. The van der Waals surface area contributed by atoms with Crippen LogP contribution in [0.4, 0.5) is 27.6 Å². The maximum atomic E-state index is 15.1. The van der Waals surface area contributed by atoms with Crippen LogP contribution in [0.1, 0.15) is 53.0 Å². The van der Waals surface area contributed by atoms with Crippen LogP contribution in [0, 0.1) is 11.6 Å². The highest BCUT2D eigenvalue weighted by atomic mass is 35.5. The van der Waals surface area contributed by atoms with Crippen molar-refractivity contribution in [3.05, 3.63) is 93.9 Å². The second-order valence-electron chi connectivity index (χ2n) is 9.81. The zero-order valence-electron chi connectivity index (χ0n) is 22.4. The van der Waals surface area contributed by atoms with Gasteiger partial charge in [-0.05, 0) is 72.7 Å². The predicted molar refractivity (Wildman–Crippen MR) is 152 cm³/mol. The number of carbonyl (C=O) groups excluding carboxylic acids is 1. The molecule has 1 aliphatic heterocycles. The van der Waals surface area contributed by atoms with Crippen molar-refractivity contribution in [2.24, 2.45) is 0 Å². The lowest BCUT2D eigenvalue weighted by molar-refractivity contribution is -0.274. The van der Waals surface area contributed by atoms with Gasteiger partial charge in [0.1, 0.15) is 34.4 Å². The quantitative estimate of drug-likeness (QED) is 0.216. The van der Waals surface area contributed by atoms with Gasteiger partial charge in [-0.25, -0.2) is 13.8 Å². The number of amides is 1. The summed E-state index contributed by atoms with van der Waals surface area (Å²) in [6.07, 6.45) is -1.52. The van der Waals surface area contributed by atoms with E-state index in [0.29, 0.717) is 54.4 Å². The van der Waals surface area contributed by atoms with Gasteiger partial charge in [0.05, 0.1) is 10.7 Å². The van der Waals surface area contributed by atoms with Gasteiger partial charge in [-0.1, -0.05) is 30.7 Å². The first-order valence-electron chi connectivity index (χ1n) is 13.1. The van der Waals surface area contributed by atoms with Gasteiger partial charge in [-0.2, -0.15) is 0 Å². The molecule has 1 saturated heterocycles. The summed E-state index contributed by atoms with van der Waals surface area (Å²) < 4.78 is 73.0. The standard InChI is InChI=1S/C29H26ClF5N4O2.ClH/c1-2-24-27(39-16-20(30)5-8-25(39)37-24)28(40)36-15-17-13-22(31)26(23(32)14-17)38-11-9-19(10-12-38)18-3-6-21(7-4-18)41-29(33,34)35;/h3-8,13-14,16,19H,2,9-12,15H2,1H3,(H,36,40);1H. The van der Waals surface area contributed by atoms with Crippen LogP contribution in [0.15, 0.2) is 54.7 Å². The molecule has 42 heavy (non-hydrogen) atoms. The van der Waals surface area contributed by atoms with Gasteiger partial charge in [0, 0.05) is 25.8 Å². The highest BCUT2D eigenvalue weighted by Crippen LogP contribution is 2.34. The van der Waals surface area contributed by atoms with Gasteiger partial charge >= 0.3 is 6.36 Å². The number of halogens is 7. The highest BCUT2D eigenvalue weighted by Gasteiger charge is 2.31. The van der Waals surface area contributed by atoms with Crippen LogP contribution < -0.4 is 15.0 Å². The average Bonchev–Trinajstić information content (AvgIpc) is 3.29. The van der Waals surface area contributed by atoms with Gasteiger partial charge in [0.25, 0.3) is 5.91 Å². The van der Waals surface area contributed by atoms with Crippen LogP contribution in [0.5, 0.6) is 5.75 Å². The summed E-state index contributed by atoms with van der Waals surface area (Å²) >= 11 is 6.09. The Hall–Kier alpha value is -3.57. The van der Waals surface area contributed by atoms with E-state index in [1.165, 1.54) is 24.3 Å². The Morgan fingerprint density at radius 1 is 1.07 bits per heavy atom. The number of ether oxygens (including phenoxy) is 1. The molecular formula is C29H27Cl2F5N4O2. The molecule has 3 heterocycles. The third-order valence-electron chi connectivity index (χ3n) is 7.13. The second-order valence-corrected chi connectivity index (χ2v) is 10.2. The number of aromatic nitrogens is 2. The number of fused-ring (bicyclic) bond motifs is 1. The van der Waals surface area contributed by atoms with Gasteiger partial charge in [-0.15, -0.1) is 25.6 Å². The summed E-state index contributed by atoms with van der Waals surface area (Å²) in [5.41, 5.74) is 2.41. The largest absolute Gasteiger partial charge is 0.573 e. The van der Waals surface area contributed by atoms with Gasteiger partial charge < -0.3 is 15.0 Å². The number of imidazole rings is 1. The lowest BCUT2D eigenvalue weighted by Crippen LogP contribution is -2.34. The van der Waals surface area contributed by atoms with Crippen LogP contribution in [0.2, 0.25) is 5.02 Å². The molecule has 6 nitrogen and oxygen atoms in total. The van der Waals surface area contributed by atoms with Crippen molar-refractivity contribution in [3.63, 3.8) is 0 Å². The van der Waals surface area contributed by atoms with E-state index >= 15 is 8.78 Å². The molecule has 224 valence electrons. The number of rotatable bonds is 7. The Morgan fingerprint density at radius 3 is 2.31 bits per heavy atom. The normalized spacial score (nSPS) is 14.1. The van der Waals surface area contributed by atoms with E-state index in [1.807, 2.05) is 6.92 Å². The van der Waals surface area contributed by atoms with Gasteiger partial charge in [0.15, 0.2) is 0 Å². The molecule has 1 amide bonds. The number of alkyl halides is 3. The molecule has 0 aliphatic carbocycles. The smallest absolute Gasteiger partial charge is 0.406 e. The number of anilines is 1. The van der Waals surface area contributed by atoms with E-state index in [1.54, 1.807) is 39.8 Å². The number of carbonyl (C=O) groups is 1. The number of benzene rings is 2. The van der Waals surface area contributed by atoms with Gasteiger partial charge in [0.2, 0.25) is 0 Å². The number of nitrogens with zero attached hydrogens (tertiary/aromatic N) is 3. The van der Waals surface area contributed by atoms with Crippen LogP contribution in [0.3, 0.4) is 0 Å². The minimum atomic E-state index is -4.76. The Balaban J connectivity index is 0.00000405. The molecule has 5 rings (SSSR count). The number of piperidine rings is 1. The lowest BCUT2D eigenvalue weighted by atomic mass is 9.89. The monoisotopic (exact) mass is 628 g/mol. The highest BCUT2D eigenvalue weighted by molar-refractivity contribution is 6.30. The Labute approximate surface area is 249 Å². The number of hydrogen-bond acceptors (Lipinski definition) is 4. The molecule has 0 bridgehead atoms. The molecule has 1 fully saturated rings. The maximum absolute atomic E-state index is 15.1. The van der Waals surface area contributed by atoms with Crippen LogP contribution >= 0.6 is 24.0 Å². The minimum absolute atomic E-state index is 0. The zero-order valence-corrected chi connectivity index (χ0v) is 23.9. The summed E-state index contributed by atoms with van der Waals surface area (Å²) in [4.78, 5) is 19.1. The SMILES string of the molecule is CCc1nc2ccc(Cl)cn2c1C(=O)NCc1cc(F)c(N2CCC(c3ccc(OC(F)(F)F)cc3)CC2)c(F)c1.Cl. The number of aryl methyl sites for hydroxylation is 1. The summed E-state index contributed by atoms with van der Waals surface area (Å²) in [5, 5.41) is 3.15. The molecule has 2 aromatic carbocycles. The molecule has 1 N–H and O–H groups in total. The third kappa shape index (κ3) is 6.90. The average molecular weight is 629 g/mol. The molecule has 13 heteroatoms. The molecular weight excluding hydrogens is 602 g/mol. The van der Waals surface area contributed by atoms with Crippen molar-refractivity contribution < 1.29 is 31.5 Å². The van der Waals surface area contributed by atoms with Gasteiger partial charge in [-0.3, -0.25) is 9.20 Å². The minimum Gasteiger partial charge on any atom is -0.406 e. The van der Waals surface area contributed by atoms with E-state index in [-0.39, 0.29) is 41.9 Å². The molecule has 0 radical (unpaired) electrons. The number of pyridine rings is 1. The van der Waals surface area contributed by atoms with E-state index in [4.69, 9.17) is 11.6 Å². The Bertz CT molecular complexity index is 1550. The van der Waals surface area contributed by atoms with E-state index < -0.39 is 23.9 Å². The van der Waals surface area contributed by atoms with Crippen molar-refractivity contribution in [2.45, 2.75) is 45.0 Å². The van der Waals surface area contributed by atoms with Crippen molar-refractivity contribution in [1.29, 1.82) is 0 Å². The number of hydrogen-bond donors (Lipinski definition) is 1. The second kappa shape index (κ2) is 12.7. The summed E-state index contributed by atoms with van der Waals surface area (Å²) in [5.74, 6) is -2.18. The topological polar surface area (TPSA) is 58.9 Å². The molecule has 0 saturated carbocycles. The number of nitrogens with one attached hydrogen (secondary N) is 1. The Kier molecular flexibility index (Phi) is 9.52. The molecule has 0 spiro atoms. The molecule has 1 aliphatic rings. The van der Waals surface area contributed by atoms with E-state index in [9.17, 15) is 18.0 Å². The van der Waals surface area contributed by atoms with Crippen molar-refractivity contribution in [2.75, 3.05) is 18.0 Å². The first-order chi connectivity index (χ1) is 19.5. The fourth-order valence-corrected chi connectivity index (χ4v) is 5.38. The van der Waals surface area contributed by atoms with E-state index in [0.717, 1.165) is 5.56 Å². The Morgan fingerprint density at radius 2 is 1.71 bits per heavy atom. The van der Waals surface area contributed by atoms with Crippen molar-refractivity contribution in [1.82, 2.24) is 14.7 Å². The fraction of sp³-hybridized carbons (Fsp3) is 0.310. The van der Waals surface area contributed by atoms with E-state index in [2.05, 4.69) is 15.0 Å². The fourth-order valence-electron chi connectivity index (χ4n) is 5.22. The third-order valence-corrected chi connectivity index (χ3v) is 7.35. The first kappa shape index (κ1) is 31.4. The van der Waals surface area contributed by atoms with Crippen LogP contribution in [-0.4, -0.2) is 34.7 Å². The van der Waals surface area contributed by atoms with Crippen LogP contribution in [0.25, 0.3) is 5.65 Å². The van der Waals surface area contributed by atoms with Crippen molar-refractivity contribution in [3.8, 4) is 5.75 Å². The molecule has 4 aromatic rings. The molecule has 0 unspecified atom stereocenters. The van der Waals surface area contributed by atoms with Crippen molar-refractivity contribution >= 4 is 41.2 Å². The zero-order chi connectivity index (χ0) is 29.3. The summed E-state index contributed by atoms with van der Waals surface area (Å²) in [6.45, 7) is 2.51. The van der Waals surface area contributed by atoms with Crippen LogP contribution in [-0.2, 0) is 13.0 Å². The summed E-state index contributed by atoms with van der Waals surface area (Å²) in [7, 11) is 0. The lowest BCUT2D eigenvalue weighted by Gasteiger charge is -2.34. The predicted octanol–water partition coefficient (Wildman–Crippen LogP) is 7.46. The molecule has 0 atom stereocenters. The molecule has 2 aromatic heterocycles.